The highest BCUT2D eigenvalue weighted by atomic mass is 32.2. The zero-order valence-corrected chi connectivity index (χ0v) is 16.2. The lowest BCUT2D eigenvalue weighted by Gasteiger charge is -2.22. The second-order valence-corrected chi connectivity index (χ2v) is 9.17. The maximum atomic E-state index is 11.5. The van der Waals surface area contributed by atoms with Crippen LogP contribution >= 0.6 is 0 Å². The molecule has 0 saturated carbocycles. The van der Waals surface area contributed by atoms with Crippen molar-refractivity contribution in [2.75, 3.05) is 31.1 Å². The molecule has 1 fully saturated rings. The van der Waals surface area contributed by atoms with Crippen LogP contribution in [0.1, 0.15) is 37.4 Å². The number of aryl methyl sites for hydroxylation is 2. The van der Waals surface area contributed by atoms with Crippen LogP contribution in [-0.4, -0.2) is 50.6 Å². The predicted molar refractivity (Wildman–Crippen MR) is 98.5 cm³/mol. The largest absolute Gasteiger partial charge is 0.466 e. The molecule has 0 spiro atoms. The van der Waals surface area contributed by atoms with E-state index in [9.17, 15) is 13.5 Å². The molecule has 2 atom stereocenters. The molecular weight excluding hydrogens is 342 g/mol. The molecule has 1 aliphatic heterocycles. The molecule has 0 bridgehead atoms. The van der Waals surface area contributed by atoms with Crippen molar-refractivity contribution in [3.8, 4) is 0 Å². The van der Waals surface area contributed by atoms with Crippen LogP contribution in [0.25, 0.3) is 0 Å². The Labute approximate surface area is 149 Å². The zero-order chi connectivity index (χ0) is 18.7. The Morgan fingerprint density at radius 1 is 1.44 bits per heavy atom. The van der Waals surface area contributed by atoms with Crippen LogP contribution in [0, 0.1) is 19.8 Å². The summed E-state index contributed by atoms with van der Waals surface area (Å²) in [6.07, 6.45) is 0.681. The summed E-state index contributed by atoms with van der Waals surface area (Å²) in [4.78, 5) is 4.46. The topological polar surface area (TPSA) is 104 Å². The third kappa shape index (κ3) is 5.47. The van der Waals surface area contributed by atoms with Crippen LogP contribution < -0.4 is 10.6 Å². The van der Waals surface area contributed by atoms with E-state index in [1.807, 2.05) is 26.8 Å². The van der Waals surface area contributed by atoms with Gasteiger partial charge in [0.2, 0.25) is 0 Å². The third-order valence-corrected chi connectivity index (χ3v) is 6.23. The Hall–Kier alpha value is -1.54. The average molecular weight is 372 g/mol. The van der Waals surface area contributed by atoms with Gasteiger partial charge in [0.25, 0.3) is 0 Å². The smallest absolute Gasteiger partial charge is 0.191 e. The van der Waals surface area contributed by atoms with Gasteiger partial charge in [0.15, 0.2) is 15.8 Å². The average Bonchev–Trinajstić information content (AvgIpc) is 3.04. The summed E-state index contributed by atoms with van der Waals surface area (Å²) in [7, 11) is -2.88. The van der Waals surface area contributed by atoms with Gasteiger partial charge in [0.1, 0.15) is 17.1 Å². The van der Waals surface area contributed by atoms with Gasteiger partial charge in [0, 0.05) is 18.7 Å². The van der Waals surface area contributed by atoms with E-state index in [1.54, 1.807) is 6.92 Å². The number of nitrogens with one attached hydrogen (secondary N) is 2. The Bertz CT molecular complexity index is 722. The monoisotopic (exact) mass is 371 g/mol. The van der Waals surface area contributed by atoms with E-state index in [0.717, 1.165) is 11.3 Å². The Morgan fingerprint density at radius 3 is 2.68 bits per heavy atom. The number of rotatable bonds is 6. The van der Waals surface area contributed by atoms with E-state index >= 15 is 0 Å². The fourth-order valence-corrected chi connectivity index (χ4v) is 4.96. The number of hydrogen-bond donors (Lipinski definition) is 3. The standard InChI is InChI=1S/C17H29N3O4S/c1-5-18-16(19-9-14-6-7-25(22,23)10-14)20-11-17(4,21)15-8-12(2)24-13(15)3/h8,14,21H,5-7,9-11H2,1-4H3,(H2,18,19,20). The molecule has 1 aromatic rings. The molecule has 1 aliphatic rings. The van der Waals surface area contributed by atoms with Crippen LogP contribution in [0.3, 0.4) is 0 Å². The summed E-state index contributed by atoms with van der Waals surface area (Å²) in [5.74, 6) is 2.61. The third-order valence-electron chi connectivity index (χ3n) is 4.40. The normalized spacial score (nSPS) is 22.6. The van der Waals surface area contributed by atoms with E-state index in [1.165, 1.54) is 0 Å². The second kappa shape index (κ2) is 7.78. The van der Waals surface area contributed by atoms with Crippen molar-refractivity contribution in [1.82, 2.24) is 10.6 Å². The Morgan fingerprint density at radius 2 is 2.16 bits per heavy atom. The van der Waals surface area contributed by atoms with Crippen molar-refractivity contribution in [2.24, 2.45) is 10.9 Å². The fraction of sp³-hybridized carbons (Fsp3) is 0.706. The summed E-state index contributed by atoms with van der Waals surface area (Å²) >= 11 is 0. The molecule has 0 aliphatic carbocycles. The van der Waals surface area contributed by atoms with E-state index in [-0.39, 0.29) is 24.0 Å². The maximum Gasteiger partial charge on any atom is 0.191 e. The Balaban J connectivity index is 2.00. The number of guanidine groups is 1. The molecular formula is C17H29N3O4S. The van der Waals surface area contributed by atoms with E-state index in [2.05, 4.69) is 15.6 Å². The van der Waals surface area contributed by atoms with Crippen molar-refractivity contribution in [1.29, 1.82) is 0 Å². The van der Waals surface area contributed by atoms with Crippen LogP contribution in [0.5, 0.6) is 0 Å². The van der Waals surface area contributed by atoms with Gasteiger partial charge in [-0.1, -0.05) is 0 Å². The first-order valence-electron chi connectivity index (χ1n) is 8.65. The van der Waals surface area contributed by atoms with Crippen LogP contribution in [0.2, 0.25) is 0 Å². The molecule has 7 nitrogen and oxygen atoms in total. The van der Waals surface area contributed by atoms with E-state index < -0.39 is 15.4 Å². The summed E-state index contributed by atoms with van der Waals surface area (Å²) in [5.41, 5.74) is -0.410. The zero-order valence-electron chi connectivity index (χ0n) is 15.4. The SMILES string of the molecule is CCNC(=NCC(C)(O)c1cc(C)oc1C)NCC1CCS(=O)(=O)C1. The molecule has 25 heavy (non-hydrogen) atoms. The first-order valence-corrected chi connectivity index (χ1v) is 10.5. The molecule has 0 aromatic carbocycles. The molecule has 2 rings (SSSR count). The molecule has 3 N–H and O–H groups in total. The molecule has 1 saturated heterocycles. The number of nitrogens with zero attached hydrogens (tertiary/aromatic N) is 1. The molecule has 2 heterocycles. The van der Waals surface area contributed by atoms with Gasteiger partial charge in [-0.3, -0.25) is 0 Å². The van der Waals surface area contributed by atoms with Crippen LogP contribution in [0.4, 0.5) is 0 Å². The molecule has 0 amide bonds. The lowest BCUT2D eigenvalue weighted by Crippen LogP contribution is -2.41. The first kappa shape index (κ1) is 19.8. The predicted octanol–water partition coefficient (Wildman–Crippen LogP) is 1.09. The number of hydrogen-bond acceptors (Lipinski definition) is 5. The van der Waals surface area contributed by atoms with Crippen LogP contribution in [-0.2, 0) is 15.4 Å². The minimum Gasteiger partial charge on any atom is -0.466 e. The lowest BCUT2D eigenvalue weighted by atomic mass is 9.96. The van der Waals surface area contributed by atoms with Gasteiger partial charge in [-0.15, -0.1) is 0 Å². The van der Waals surface area contributed by atoms with Crippen molar-refractivity contribution >= 4 is 15.8 Å². The molecule has 0 radical (unpaired) electrons. The highest BCUT2D eigenvalue weighted by Gasteiger charge is 2.29. The van der Waals surface area contributed by atoms with Crippen molar-refractivity contribution in [3.63, 3.8) is 0 Å². The van der Waals surface area contributed by atoms with Gasteiger partial charge in [0.05, 0.1) is 18.1 Å². The molecule has 142 valence electrons. The van der Waals surface area contributed by atoms with Crippen molar-refractivity contribution in [2.45, 2.75) is 39.7 Å². The minimum atomic E-state index is -2.88. The summed E-state index contributed by atoms with van der Waals surface area (Å²) in [5, 5.41) is 17.1. The van der Waals surface area contributed by atoms with Gasteiger partial charge >= 0.3 is 0 Å². The maximum absolute atomic E-state index is 11.5. The highest BCUT2D eigenvalue weighted by molar-refractivity contribution is 7.91. The second-order valence-electron chi connectivity index (χ2n) is 6.95. The summed E-state index contributed by atoms with van der Waals surface area (Å²) in [6.45, 7) is 8.74. The van der Waals surface area contributed by atoms with Crippen molar-refractivity contribution < 1.29 is 17.9 Å². The van der Waals surface area contributed by atoms with Gasteiger partial charge in [-0.05, 0) is 46.1 Å². The van der Waals surface area contributed by atoms with Gasteiger partial charge in [-0.2, -0.15) is 0 Å². The first-order chi connectivity index (χ1) is 11.6. The summed E-state index contributed by atoms with van der Waals surface area (Å²) in [6, 6.07) is 1.83. The molecule has 8 heteroatoms. The van der Waals surface area contributed by atoms with Crippen molar-refractivity contribution in [3.05, 3.63) is 23.2 Å². The molecule has 1 aromatic heterocycles. The fourth-order valence-electron chi connectivity index (χ4n) is 3.10. The molecule has 2 unspecified atom stereocenters. The quantitative estimate of drug-likeness (QED) is 0.511. The van der Waals surface area contributed by atoms with Crippen LogP contribution in [0.15, 0.2) is 15.5 Å². The highest BCUT2D eigenvalue weighted by Crippen LogP contribution is 2.27. The minimum absolute atomic E-state index is 0.105. The number of aliphatic imine (C=N–C) groups is 1. The van der Waals surface area contributed by atoms with Gasteiger partial charge < -0.3 is 20.2 Å². The Kier molecular flexibility index (Phi) is 6.16. The number of furan rings is 1. The summed E-state index contributed by atoms with van der Waals surface area (Å²) < 4.78 is 28.6. The van der Waals surface area contributed by atoms with Gasteiger partial charge in [-0.25, -0.2) is 13.4 Å². The number of aliphatic hydroxyl groups is 1. The number of sulfone groups is 1. The van der Waals surface area contributed by atoms with E-state index in [4.69, 9.17) is 4.42 Å². The van der Waals surface area contributed by atoms with E-state index in [0.29, 0.717) is 31.2 Å². The lowest BCUT2D eigenvalue weighted by molar-refractivity contribution is 0.0657.